The highest BCUT2D eigenvalue weighted by molar-refractivity contribution is 5.81. The Kier molecular flexibility index (Phi) is 4.54. The van der Waals surface area contributed by atoms with Crippen LogP contribution in [0.25, 0.3) is 0 Å². The van der Waals surface area contributed by atoms with Crippen LogP contribution in [-0.4, -0.2) is 42.5 Å². The molecule has 0 saturated heterocycles. The van der Waals surface area contributed by atoms with Crippen molar-refractivity contribution in [3.63, 3.8) is 0 Å². The lowest BCUT2D eigenvalue weighted by molar-refractivity contribution is -0.122. The van der Waals surface area contributed by atoms with Gasteiger partial charge in [-0.15, -0.1) is 0 Å². The van der Waals surface area contributed by atoms with E-state index in [1.807, 2.05) is 6.92 Å². The zero-order chi connectivity index (χ0) is 11.4. The average Bonchev–Trinajstić information content (AvgIpc) is 3.06. The van der Waals surface area contributed by atoms with E-state index in [1.165, 1.54) is 12.8 Å². The van der Waals surface area contributed by atoms with Gasteiger partial charge in [0.15, 0.2) is 0 Å². The molecule has 15 heavy (non-hydrogen) atoms. The van der Waals surface area contributed by atoms with Crippen molar-refractivity contribution in [3.8, 4) is 0 Å². The van der Waals surface area contributed by atoms with Crippen LogP contribution in [-0.2, 0) is 4.79 Å². The van der Waals surface area contributed by atoms with Gasteiger partial charge in [-0.25, -0.2) is 0 Å². The summed E-state index contributed by atoms with van der Waals surface area (Å²) in [5.41, 5.74) is 5.63. The normalized spacial score (nSPS) is 20.1. The van der Waals surface area contributed by atoms with E-state index in [4.69, 9.17) is 5.73 Å². The Bertz CT molecular complexity index is 216. The van der Waals surface area contributed by atoms with E-state index in [2.05, 4.69) is 24.2 Å². The van der Waals surface area contributed by atoms with E-state index >= 15 is 0 Å². The van der Waals surface area contributed by atoms with Crippen LogP contribution in [0.5, 0.6) is 0 Å². The lowest BCUT2D eigenvalue weighted by Crippen LogP contribution is -2.46. The summed E-state index contributed by atoms with van der Waals surface area (Å²) in [6.07, 6.45) is 3.28. The van der Waals surface area contributed by atoms with Crippen molar-refractivity contribution in [1.82, 2.24) is 10.2 Å². The molecule has 3 N–H and O–H groups in total. The second-order valence-electron chi connectivity index (χ2n) is 4.51. The summed E-state index contributed by atoms with van der Waals surface area (Å²) in [5, 5.41) is 2.89. The number of hydrogen-bond acceptors (Lipinski definition) is 3. The highest BCUT2D eigenvalue weighted by atomic mass is 16.2. The van der Waals surface area contributed by atoms with Crippen molar-refractivity contribution in [2.75, 3.05) is 13.6 Å². The molecule has 0 aliphatic heterocycles. The highest BCUT2D eigenvalue weighted by Crippen LogP contribution is 2.26. The van der Waals surface area contributed by atoms with E-state index in [0.29, 0.717) is 19.0 Å². The van der Waals surface area contributed by atoms with Crippen molar-refractivity contribution in [2.45, 2.75) is 51.2 Å². The number of rotatable bonds is 6. The molecule has 1 rings (SSSR count). The van der Waals surface area contributed by atoms with Crippen LogP contribution in [0.15, 0.2) is 0 Å². The molecule has 88 valence electrons. The minimum atomic E-state index is -0.358. The van der Waals surface area contributed by atoms with Gasteiger partial charge >= 0.3 is 0 Å². The van der Waals surface area contributed by atoms with E-state index in [0.717, 1.165) is 6.04 Å². The molecule has 0 radical (unpaired) electrons. The molecule has 1 aliphatic rings. The molecule has 0 aromatic heterocycles. The van der Waals surface area contributed by atoms with Gasteiger partial charge in [-0.05, 0) is 33.2 Å². The summed E-state index contributed by atoms with van der Waals surface area (Å²) in [6, 6.07) is 0.769. The molecular formula is C11H23N3O. The number of nitrogens with zero attached hydrogens (tertiary/aromatic N) is 1. The fraction of sp³-hybridized carbons (Fsp3) is 0.909. The van der Waals surface area contributed by atoms with Crippen LogP contribution in [0.2, 0.25) is 0 Å². The van der Waals surface area contributed by atoms with E-state index in [-0.39, 0.29) is 11.9 Å². The molecule has 4 nitrogen and oxygen atoms in total. The molecule has 1 aliphatic carbocycles. The quantitative estimate of drug-likeness (QED) is 0.668. The van der Waals surface area contributed by atoms with Gasteiger partial charge in [-0.3, -0.25) is 9.69 Å². The van der Waals surface area contributed by atoms with Crippen LogP contribution < -0.4 is 11.1 Å². The average molecular weight is 213 g/mol. The number of amides is 1. The maximum Gasteiger partial charge on any atom is 0.236 e. The monoisotopic (exact) mass is 213 g/mol. The summed E-state index contributed by atoms with van der Waals surface area (Å²) in [4.78, 5) is 13.8. The standard InChI is InChI=1S/C11H23N3O/c1-4-10(12)11(15)13-7-8(2)14(3)9-5-6-9/h8-10H,4-7,12H2,1-3H3,(H,13,15)/t8?,10-/m0/s1. The van der Waals surface area contributed by atoms with Crippen molar-refractivity contribution < 1.29 is 4.79 Å². The summed E-state index contributed by atoms with van der Waals surface area (Å²) in [5.74, 6) is -0.0338. The zero-order valence-corrected chi connectivity index (χ0v) is 9.99. The first-order chi connectivity index (χ1) is 7.06. The fourth-order valence-electron chi connectivity index (χ4n) is 1.55. The van der Waals surface area contributed by atoms with Crippen LogP contribution in [0.1, 0.15) is 33.1 Å². The van der Waals surface area contributed by atoms with Crippen molar-refractivity contribution >= 4 is 5.91 Å². The van der Waals surface area contributed by atoms with Gasteiger partial charge in [0.25, 0.3) is 0 Å². The number of carbonyl (C=O) groups is 1. The van der Waals surface area contributed by atoms with Crippen molar-refractivity contribution in [2.24, 2.45) is 5.73 Å². The maximum absolute atomic E-state index is 11.4. The lowest BCUT2D eigenvalue weighted by atomic mass is 10.2. The van der Waals surface area contributed by atoms with Crippen LogP contribution in [0, 0.1) is 0 Å². The van der Waals surface area contributed by atoms with Crippen LogP contribution in [0.4, 0.5) is 0 Å². The predicted octanol–water partition coefficient (Wildman–Crippen LogP) is 0.323. The Hall–Kier alpha value is -0.610. The molecule has 0 spiro atoms. The second kappa shape index (κ2) is 5.47. The fourth-order valence-corrected chi connectivity index (χ4v) is 1.55. The third kappa shape index (κ3) is 3.80. The van der Waals surface area contributed by atoms with Gasteiger partial charge in [0.2, 0.25) is 5.91 Å². The number of carbonyl (C=O) groups excluding carboxylic acids is 1. The number of nitrogens with one attached hydrogen (secondary N) is 1. The van der Waals surface area contributed by atoms with E-state index in [9.17, 15) is 4.79 Å². The Balaban J connectivity index is 2.20. The molecule has 0 aromatic rings. The van der Waals surface area contributed by atoms with E-state index in [1.54, 1.807) is 0 Å². The molecule has 1 unspecified atom stereocenters. The third-order valence-electron chi connectivity index (χ3n) is 3.17. The summed E-state index contributed by atoms with van der Waals surface area (Å²) in [6.45, 7) is 4.75. The van der Waals surface area contributed by atoms with Gasteiger partial charge < -0.3 is 11.1 Å². The Morgan fingerprint density at radius 2 is 2.20 bits per heavy atom. The number of hydrogen-bond donors (Lipinski definition) is 2. The second-order valence-corrected chi connectivity index (χ2v) is 4.51. The predicted molar refractivity (Wildman–Crippen MR) is 61.5 cm³/mol. The zero-order valence-electron chi connectivity index (χ0n) is 9.99. The number of likely N-dealkylation sites (N-methyl/N-ethyl adjacent to an activating group) is 1. The summed E-state index contributed by atoms with van der Waals surface area (Å²) < 4.78 is 0. The molecule has 0 heterocycles. The lowest BCUT2D eigenvalue weighted by Gasteiger charge is -2.25. The maximum atomic E-state index is 11.4. The van der Waals surface area contributed by atoms with Gasteiger partial charge in [-0.1, -0.05) is 6.92 Å². The minimum Gasteiger partial charge on any atom is -0.353 e. The van der Waals surface area contributed by atoms with Crippen LogP contribution in [0.3, 0.4) is 0 Å². The van der Waals surface area contributed by atoms with Gasteiger partial charge in [-0.2, -0.15) is 0 Å². The largest absolute Gasteiger partial charge is 0.353 e. The van der Waals surface area contributed by atoms with Gasteiger partial charge in [0, 0.05) is 18.6 Å². The molecule has 4 heteroatoms. The smallest absolute Gasteiger partial charge is 0.236 e. The first kappa shape index (κ1) is 12.5. The number of nitrogens with two attached hydrogens (primary N) is 1. The van der Waals surface area contributed by atoms with Crippen molar-refractivity contribution in [3.05, 3.63) is 0 Å². The first-order valence-electron chi connectivity index (χ1n) is 5.81. The molecule has 0 aromatic carbocycles. The molecule has 1 amide bonds. The van der Waals surface area contributed by atoms with Crippen LogP contribution >= 0.6 is 0 Å². The Morgan fingerprint density at radius 3 is 2.67 bits per heavy atom. The summed E-state index contributed by atoms with van der Waals surface area (Å²) in [7, 11) is 2.12. The highest BCUT2D eigenvalue weighted by Gasteiger charge is 2.29. The Morgan fingerprint density at radius 1 is 1.60 bits per heavy atom. The molecule has 1 saturated carbocycles. The first-order valence-corrected chi connectivity index (χ1v) is 5.81. The van der Waals surface area contributed by atoms with Gasteiger partial charge in [0.05, 0.1) is 6.04 Å². The molecule has 1 fully saturated rings. The van der Waals surface area contributed by atoms with Gasteiger partial charge in [0.1, 0.15) is 0 Å². The Labute approximate surface area is 92.2 Å². The minimum absolute atomic E-state index is 0.0338. The molecule has 2 atom stereocenters. The molecule has 0 bridgehead atoms. The SMILES string of the molecule is CC[C@H](N)C(=O)NCC(C)N(C)C1CC1. The third-order valence-corrected chi connectivity index (χ3v) is 3.17. The topological polar surface area (TPSA) is 58.4 Å². The molecular weight excluding hydrogens is 190 g/mol. The van der Waals surface area contributed by atoms with Crippen molar-refractivity contribution in [1.29, 1.82) is 0 Å². The summed E-state index contributed by atoms with van der Waals surface area (Å²) >= 11 is 0. The van der Waals surface area contributed by atoms with E-state index < -0.39 is 0 Å².